The van der Waals surface area contributed by atoms with Crippen LogP contribution in [0.5, 0.6) is 0 Å². The van der Waals surface area contributed by atoms with Gasteiger partial charge in [0.05, 0.1) is 34.0 Å². The second-order valence-corrected chi connectivity index (χ2v) is 6.78. The Kier molecular flexibility index (Phi) is 4.02. The van der Waals surface area contributed by atoms with E-state index >= 15 is 0 Å². The Morgan fingerprint density at radius 3 is 2.21 bits per heavy atom. The second-order valence-electron chi connectivity index (χ2n) is 6.78. The Morgan fingerprint density at radius 1 is 0.759 bits per heavy atom. The van der Waals surface area contributed by atoms with Crippen molar-refractivity contribution in [3.63, 3.8) is 0 Å². The molecule has 140 valence electrons. The first-order chi connectivity index (χ1) is 14.2. The van der Waals surface area contributed by atoms with Gasteiger partial charge in [-0.25, -0.2) is 4.98 Å². The average Bonchev–Trinajstić information content (AvgIpc) is 2.77. The molecule has 6 nitrogen and oxygen atoms in total. The first-order valence-corrected chi connectivity index (χ1v) is 9.20. The molecule has 0 aliphatic rings. The summed E-state index contributed by atoms with van der Waals surface area (Å²) < 4.78 is 3.17. The second kappa shape index (κ2) is 6.83. The fourth-order valence-electron chi connectivity index (χ4n) is 3.48. The van der Waals surface area contributed by atoms with Crippen LogP contribution < -0.4 is 11.1 Å². The molecule has 0 fully saturated rings. The molecule has 0 aliphatic heterocycles. The highest BCUT2D eigenvalue weighted by Gasteiger charge is 2.11. The van der Waals surface area contributed by atoms with E-state index in [2.05, 4.69) is 9.97 Å². The molecule has 0 saturated carbocycles. The lowest BCUT2D eigenvalue weighted by Gasteiger charge is -2.09. The van der Waals surface area contributed by atoms with E-state index in [1.165, 1.54) is 4.57 Å². The first kappa shape index (κ1) is 17.1. The summed E-state index contributed by atoms with van der Waals surface area (Å²) in [7, 11) is 0. The zero-order chi connectivity index (χ0) is 19.8. The quantitative estimate of drug-likeness (QED) is 0.451. The van der Waals surface area contributed by atoms with Crippen LogP contribution in [0.15, 0.2) is 95.0 Å². The lowest BCUT2D eigenvalue weighted by molar-refractivity contribution is 0.767. The molecule has 0 N–H and O–H groups in total. The van der Waals surface area contributed by atoms with Crippen molar-refractivity contribution >= 4 is 21.8 Å². The van der Waals surface area contributed by atoms with Gasteiger partial charge in [0.2, 0.25) is 0 Å². The SMILES string of the molecule is O=c1c2cc3c(=O)n(-c4ccncc4)ccc3nc2ccn1Cc1ccccc1. The molecule has 0 bridgehead atoms. The minimum atomic E-state index is -0.221. The third kappa shape index (κ3) is 3.00. The molecule has 0 saturated heterocycles. The molecule has 29 heavy (non-hydrogen) atoms. The maximum absolute atomic E-state index is 13.1. The summed E-state index contributed by atoms with van der Waals surface area (Å²) in [5, 5.41) is 0.840. The maximum Gasteiger partial charge on any atom is 0.264 e. The summed E-state index contributed by atoms with van der Waals surface area (Å²) in [6.07, 6.45) is 6.70. The van der Waals surface area contributed by atoms with E-state index in [1.807, 2.05) is 36.4 Å². The Bertz CT molecular complexity index is 1460. The van der Waals surface area contributed by atoms with Gasteiger partial charge in [0.25, 0.3) is 11.1 Å². The predicted octanol–water partition coefficient (Wildman–Crippen LogP) is 3.14. The van der Waals surface area contributed by atoms with E-state index in [0.717, 1.165) is 5.56 Å². The molecule has 0 aliphatic carbocycles. The summed E-state index contributed by atoms with van der Waals surface area (Å²) >= 11 is 0. The van der Waals surface area contributed by atoms with E-state index in [1.54, 1.807) is 53.6 Å². The Hall–Kier alpha value is -4.06. The smallest absolute Gasteiger partial charge is 0.264 e. The highest BCUT2D eigenvalue weighted by Crippen LogP contribution is 2.16. The minimum Gasteiger partial charge on any atom is -0.310 e. The van der Waals surface area contributed by atoms with Crippen LogP contribution >= 0.6 is 0 Å². The van der Waals surface area contributed by atoms with Gasteiger partial charge in [-0.2, -0.15) is 0 Å². The topological polar surface area (TPSA) is 69.8 Å². The van der Waals surface area contributed by atoms with Crippen molar-refractivity contribution in [1.82, 2.24) is 19.1 Å². The standard InChI is InChI=1S/C23H16N4O2/c28-22-18-14-19-21(9-13-27(23(19)29)17-6-10-24-11-7-17)25-20(18)8-12-26(22)15-16-4-2-1-3-5-16/h1-14H,15H2. The van der Waals surface area contributed by atoms with Gasteiger partial charge in [0, 0.05) is 24.8 Å². The van der Waals surface area contributed by atoms with Gasteiger partial charge < -0.3 is 4.57 Å². The summed E-state index contributed by atoms with van der Waals surface area (Å²) in [5.74, 6) is 0. The van der Waals surface area contributed by atoms with Gasteiger partial charge in [-0.05, 0) is 35.9 Å². The van der Waals surface area contributed by atoms with Gasteiger partial charge in [-0.15, -0.1) is 0 Å². The fourth-order valence-corrected chi connectivity index (χ4v) is 3.48. The lowest BCUT2D eigenvalue weighted by Crippen LogP contribution is -2.22. The first-order valence-electron chi connectivity index (χ1n) is 9.20. The Balaban J connectivity index is 1.70. The van der Waals surface area contributed by atoms with Gasteiger partial charge in [-0.1, -0.05) is 30.3 Å². The van der Waals surface area contributed by atoms with E-state index in [-0.39, 0.29) is 11.1 Å². The zero-order valence-electron chi connectivity index (χ0n) is 15.4. The number of rotatable bonds is 3. The average molecular weight is 380 g/mol. The largest absolute Gasteiger partial charge is 0.310 e. The van der Waals surface area contributed by atoms with E-state index in [9.17, 15) is 9.59 Å². The zero-order valence-corrected chi connectivity index (χ0v) is 15.4. The van der Waals surface area contributed by atoms with Crippen LogP contribution in [0.2, 0.25) is 0 Å². The molecule has 0 amide bonds. The molecule has 4 aromatic heterocycles. The highest BCUT2D eigenvalue weighted by atomic mass is 16.1. The fraction of sp³-hybridized carbons (Fsp3) is 0.0435. The van der Waals surface area contributed by atoms with Crippen molar-refractivity contribution in [2.45, 2.75) is 6.54 Å². The summed E-state index contributed by atoms with van der Waals surface area (Å²) in [6, 6.07) is 18.5. The van der Waals surface area contributed by atoms with Crippen LogP contribution in [0.3, 0.4) is 0 Å². The number of nitrogens with zero attached hydrogens (tertiary/aromatic N) is 4. The molecule has 0 unspecified atom stereocenters. The molecule has 6 heteroatoms. The van der Waals surface area contributed by atoms with Crippen molar-refractivity contribution in [3.05, 3.63) is 112 Å². The van der Waals surface area contributed by atoms with Gasteiger partial charge in [0.15, 0.2) is 0 Å². The van der Waals surface area contributed by atoms with Crippen LogP contribution in [0, 0.1) is 0 Å². The number of benzene rings is 1. The maximum atomic E-state index is 13.1. The molecule has 0 radical (unpaired) electrons. The van der Waals surface area contributed by atoms with Gasteiger partial charge in [0.1, 0.15) is 0 Å². The number of fused-ring (bicyclic) bond motifs is 2. The van der Waals surface area contributed by atoms with Crippen molar-refractivity contribution in [3.8, 4) is 5.69 Å². The predicted molar refractivity (Wildman–Crippen MR) is 112 cm³/mol. The summed E-state index contributed by atoms with van der Waals surface area (Å²) in [4.78, 5) is 34.6. The third-order valence-corrected chi connectivity index (χ3v) is 4.95. The Labute approximate surface area is 165 Å². The molecule has 4 heterocycles. The van der Waals surface area contributed by atoms with E-state index < -0.39 is 0 Å². The molecule has 5 aromatic rings. The van der Waals surface area contributed by atoms with Crippen molar-refractivity contribution in [1.29, 1.82) is 0 Å². The van der Waals surface area contributed by atoms with Crippen LogP contribution in [0.1, 0.15) is 5.56 Å². The molecule has 0 atom stereocenters. The molecular formula is C23H16N4O2. The highest BCUT2D eigenvalue weighted by molar-refractivity contribution is 5.91. The molecule has 0 spiro atoms. The van der Waals surface area contributed by atoms with Crippen molar-refractivity contribution < 1.29 is 0 Å². The Morgan fingerprint density at radius 2 is 1.45 bits per heavy atom. The van der Waals surface area contributed by atoms with Crippen molar-refractivity contribution in [2.75, 3.05) is 0 Å². The van der Waals surface area contributed by atoms with Crippen LogP contribution in [0.4, 0.5) is 0 Å². The number of hydrogen-bond donors (Lipinski definition) is 0. The van der Waals surface area contributed by atoms with Gasteiger partial charge in [-0.3, -0.25) is 19.1 Å². The number of hydrogen-bond acceptors (Lipinski definition) is 4. The number of aromatic nitrogens is 4. The van der Waals surface area contributed by atoms with E-state index in [0.29, 0.717) is 34.0 Å². The van der Waals surface area contributed by atoms with Crippen LogP contribution in [-0.4, -0.2) is 19.1 Å². The van der Waals surface area contributed by atoms with Crippen molar-refractivity contribution in [2.24, 2.45) is 0 Å². The van der Waals surface area contributed by atoms with E-state index in [4.69, 9.17) is 0 Å². The molecule has 5 rings (SSSR count). The van der Waals surface area contributed by atoms with Crippen LogP contribution in [-0.2, 0) is 6.54 Å². The van der Waals surface area contributed by atoms with Crippen LogP contribution in [0.25, 0.3) is 27.5 Å². The van der Waals surface area contributed by atoms with Gasteiger partial charge >= 0.3 is 0 Å². The molecular weight excluding hydrogens is 364 g/mol. The lowest BCUT2D eigenvalue weighted by atomic mass is 10.1. The summed E-state index contributed by atoms with van der Waals surface area (Å²) in [6.45, 7) is 0.462. The monoisotopic (exact) mass is 380 g/mol. The normalized spacial score (nSPS) is 11.2. The third-order valence-electron chi connectivity index (χ3n) is 4.95. The number of pyridine rings is 4. The minimum absolute atomic E-state index is 0.167. The summed E-state index contributed by atoms with van der Waals surface area (Å²) in [5.41, 5.74) is 2.49. The molecule has 1 aromatic carbocycles.